The molecule has 6 heteroatoms. The number of aromatic nitrogens is 4. The van der Waals surface area contributed by atoms with Gasteiger partial charge in [-0.25, -0.2) is 0 Å². The summed E-state index contributed by atoms with van der Waals surface area (Å²) >= 11 is 0. The number of hydrogen-bond donors (Lipinski definition) is 0. The molecule has 3 aromatic rings. The molecule has 0 radical (unpaired) electrons. The van der Waals surface area contributed by atoms with Crippen molar-refractivity contribution in [2.24, 2.45) is 0 Å². The Morgan fingerprint density at radius 1 is 0.913 bits per heavy atom. The predicted octanol–water partition coefficient (Wildman–Crippen LogP) is 2.70. The molecule has 6 nitrogen and oxygen atoms in total. The van der Waals surface area contributed by atoms with Gasteiger partial charge in [-0.1, -0.05) is 0 Å². The average Bonchev–Trinajstić information content (AvgIpc) is 3.15. The summed E-state index contributed by atoms with van der Waals surface area (Å²) in [5.41, 5.74) is 1.81. The minimum Gasteiger partial charge on any atom is -0.497 e. The first-order valence-corrected chi connectivity index (χ1v) is 7.73. The van der Waals surface area contributed by atoms with Crippen molar-refractivity contribution in [2.75, 3.05) is 25.1 Å². The van der Waals surface area contributed by atoms with E-state index in [2.05, 4.69) is 25.3 Å². The molecule has 2 aromatic heterocycles. The summed E-state index contributed by atoms with van der Waals surface area (Å²) in [4.78, 5) is 2.27. The number of benzene rings is 1. The van der Waals surface area contributed by atoms with E-state index in [0.717, 1.165) is 46.7 Å². The Hall–Kier alpha value is -2.76. The van der Waals surface area contributed by atoms with Gasteiger partial charge in [0.1, 0.15) is 11.4 Å². The highest BCUT2D eigenvalue weighted by atomic mass is 16.5. The van der Waals surface area contributed by atoms with Crippen LogP contribution in [0.4, 0.5) is 5.82 Å². The summed E-state index contributed by atoms with van der Waals surface area (Å²) in [7, 11) is 1.66. The molecule has 3 heterocycles. The monoisotopic (exact) mass is 307 g/mol. The summed E-state index contributed by atoms with van der Waals surface area (Å²) in [5, 5.41) is 19.0. The standard InChI is InChI=1S/C17H17N5O/c1-23-13-6-4-12(5-7-13)16-14-10-18-19-11-15(14)17(21-20-16)22-8-2-3-9-22/h4-7,10-11H,2-3,8-9H2,1H3. The maximum atomic E-state index is 5.21. The molecule has 0 bridgehead atoms. The quantitative estimate of drug-likeness (QED) is 0.741. The van der Waals surface area contributed by atoms with Crippen LogP contribution in [0.1, 0.15) is 12.8 Å². The number of anilines is 1. The number of ether oxygens (including phenoxy) is 1. The van der Waals surface area contributed by atoms with Crippen molar-refractivity contribution >= 4 is 16.6 Å². The normalized spacial score (nSPS) is 14.4. The highest BCUT2D eigenvalue weighted by molar-refractivity contribution is 5.99. The van der Waals surface area contributed by atoms with Gasteiger partial charge in [0.2, 0.25) is 0 Å². The first-order valence-electron chi connectivity index (χ1n) is 7.73. The van der Waals surface area contributed by atoms with Crippen LogP contribution in [0.5, 0.6) is 5.75 Å². The maximum Gasteiger partial charge on any atom is 0.160 e. The molecule has 1 aliphatic heterocycles. The van der Waals surface area contributed by atoms with Crippen molar-refractivity contribution in [3.05, 3.63) is 36.7 Å². The molecule has 1 aliphatic rings. The number of methoxy groups -OCH3 is 1. The third-order valence-electron chi connectivity index (χ3n) is 4.24. The van der Waals surface area contributed by atoms with Crippen LogP contribution in [0.25, 0.3) is 22.0 Å². The Labute approximate surface area is 134 Å². The van der Waals surface area contributed by atoms with Gasteiger partial charge in [0.05, 0.1) is 24.9 Å². The van der Waals surface area contributed by atoms with Gasteiger partial charge >= 0.3 is 0 Å². The second-order valence-corrected chi connectivity index (χ2v) is 5.61. The topological polar surface area (TPSA) is 64.0 Å². The van der Waals surface area contributed by atoms with E-state index in [0.29, 0.717) is 0 Å². The molecule has 116 valence electrons. The van der Waals surface area contributed by atoms with Crippen LogP contribution in [0.3, 0.4) is 0 Å². The smallest absolute Gasteiger partial charge is 0.160 e. The van der Waals surface area contributed by atoms with Crippen molar-refractivity contribution in [1.29, 1.82) is 0 Å². The van der Waals surface area contributed by atoms with Crippen molar-refractivity contribution in [2.45, 2.75) is 12.8 Å². The van der Waals surface area contributed by atoms with E-state index in [1.165, 1.54) is 12.8 Å². The molecule has 1 fully saturated rings. The molecule has 0 amide bonds. The van der Waals surface area contributed by atoms with Gasteiger partial charge < -0.3 is 9.64 Å². The Morgan fingerprint density at radius 2 is 1.61 bits per heavy atom. The van der Waals surface area contributed by atoms with E-state index in [4.69, 9.17) is 4.74 Å². The second kappa shape index (κ2) is 5.79. The van der Waals surface area contributed by atoms with E-state index >= 15 is 0 Å². The summed E-state index contributed by atoms with van der Waals surface area (Å²) in [6.07, 6.45) is 5.94. The van der Waals surface area contributed by atoms with Crippen LogP contribution in [0, 0.1) is 0 Å². The lowest BCUT2D eigenvalue weighted by atomic mass is 10.1. The Kier molecular flexibility index (Phi) is 3.49. The molecule has 1 aromatic carbocycles. The van der Waals surface area contributed by atoms with Gasteiger partial charge in [0.25, 0.3) is 0 Å². The summed E-state index contributed by atoms with van der Waals surface area (Å²) in [5.74, 6) is 1.73. The lowest BCUT2D eigenvalue weighted by molar-refractivity contribution is 0.415. The van der Waals surface area contributed by atoms with Gasteiger partial charge in [0.15, 0.2) is 5.82 Å². The molecule has 0 atom stereocenters. The lowest BCUT2D eigenvalue weighted by Gasteiger charge is -2.18. The second-order valence-electron chi connectivity index (χ2n) is 5.61. The maximum absolute atomic E-state index is 5.21. The van der Waals surface area contributed by atoms with Gasteiger partial charge in [-0.2, -0.15) is 10.2 Å². The van der Waals surface area contributed by atoms with Gasteiger partial charge in [-0.15, -0.1) is 10.2 Å². The fourth-order valence-electron chi connectivity index (χ4n) is 3.02. The zero-order chi connectivity index (χ0) is 15.6. The number of rotatable bonds is 3. The van der Waals surface area contributed by atoms with E-state index in [-0.39, 0.29) is 0 Å². The average molecular weight is 307 g/mol. The van der Waals surface area contributed by atoms with E-state index in [1.54, 1.807) is 19.5 Å². The van der Waals surface area contributed by atoms with Crippen LogP contribution in [-0.4, -0.2) is 40.6 Å². The molecule has 0 saturated carbocycles. The van der Waals surface area contributed by atoms with Gasteiger partial charge in [-0.05, 0) is 37.1 Å². The molecule has 23 heavy (non-hydrogen) atoms. The highest BCUT2D eigenvalue weighted by Crippen LogP contribution is 2.32. The van der Waals surface area contributed by atoms with Crippen molar-refractivity contribution in [3.63, 3.8) is 0 Å². The zero-order valence-corrected chi connectivity index (χ0v) is 12.9. The van der Waals surface area contributed by atoms with Crippen LogP contribution >= 0.6 is 0 Å². The Morgan fingerprint density at radius 3 is 2.30 bits per heavy atom. The van der Waals surface area contributed by atoms with Crippen molar-refractivity contribution in [1.82, 2.24) is 20.4 Å². The predicted molar refractivity (Wildman–Crippen MR) is 88.6 cm³/mol. The third kappa shape index (κ3) is 2.46. The lowest BCUT2D eigenvalue weighted by Crippen LogP contribution is -2.20. The minimum absolute atomic E-state index is 0.819. The van der Waals surface area contributed by atoms with E-state index in [9.17, 15) is 0 Å². The SMILES string of the molecule is COc1ccc(-c2nnc(N3CCCC3)c3cnncc23)cc1. The third-order valence-corrected chi connectivity index (χ3v) is 4.24. The first-order chi connectivity index (χ1) is 11.4. The van der Waals surface area contributed by atoms with Gasteiger partial charge in [-0.3, -0.25) is 0 Å². The van der Waals surface area contributed by atoms with Crippen LogP contribution in [0.15, 0.2) is 36.7 Å². The summed E-state index contributed by atoms with van der Waals surface area (Å²) < 4.78 is 5.21. The fourth-order valence-corrected chi connectivity index (χ4v) is 3.02. The summed E-state index contributed by atoms with van der Waals surface area (Å²) in [6, 6.07) is 7.81. The molecule has 1 saturated heterocycles. The number of fused-ring (bicyclic) bond motifs is 1. The van der Waals surface area contributed by atoms with Crippen molar-refractivity contribution < 1.29 is 4.74 Å². The molecule has 4 rings (SSSR count). The number of hydrogen-bond acceptors (Lipinski definition) is 6. The van der Waals surface area contributed by atoms with E-state index < -0.39 is 0 Å². The molecular weight excluding hydrogens is 290 g/mol. The Balaban J connectivity index is 1.86. The van der Waals surface area contributed by atoms with Crippen LogP contribution < -0.4 is 9.64 Å². The fraction of sp³-hybridized carbons (Fsp3) is 0.294. The largest absolute Gasteiger partial charge is 0.497 e. The van der Waals surface area contributed by atoms with Crippen LogP contribution in [-0.2, 0) is 0 Å². The van der Waals surface area contributed by atoms with Gasteiger partial charge in [0, 0.05) is 24.0 Å². The molecule has 0 N–H and O–H groups in total. The highest BCUT2D eigenvalue weighted by Gasteiger charge is 2.19. The Bertz CT molecular complexity index is 828. The molecular formula is C17H17N5O. The van der Waals surface area contributed by atoms with E-state index in [1.807, 2.05) is 24.3 Å². The summed E-state index contributed by atoms with van der Waals surface area (Å²) in [6.45, 7) is 2.04. The number of nitrogens with zero attached hydrogens (tertiary/aromatic N) is 5. The molecule has 0 unspecified atom stereocenters. The first kappa shape index (κ1) is 13.9. The van der Waals surface area contributed by atoms with Crippen LogP contribution in [0.2, 0.25) is 0 Å². The van der Waals surface area contributed by atoms with Crippen molar-refractivity contribution in [3.8, 4) is 17.0 Å². The zero-order valence-electron chi connectivity index (χ0n) is 12.9. The molecule has 0 spiro atoms. The molecule has 0 aliphatic carbocycles. The minimum atomic E-state index is 0.819.